The van der Waals surface area contributed by atoms with Crippen molar-refractivity contribution in [1.82, 2.24) is 9.97 Å². The summed E-state index contributed by atoms with van der Waals surface area (Å²) in [6, 6.07) is 10.2. The molecule has 4 nitrogen and oxygen atoms in total. The molecule has 19 heavy (non-hydrogen) atoms. The molecule has 0 fully saturated rings. The fourth-order valence-corrected chi connectivity index (χ4v) is 1.99. The highest BCUT2D eigenvalue weighted by atomic mass is 35.5. The molecular weight excluding hydrogens is 260 g/mol. The summed E-state index contributed by atoms with van der Waals surface area (Å²) in [4.78, 5) is 10.5. The third-order valence-electron chi connectivity index (χ3n) is 2.76. The van der Waals surface area contributed by atoms with E-state index in [4.69, 9.17) is 17.3 Å². The van der Waals surface area contributed by atoms with Gasteiger partial charge in [0.05, 0.1) is 12.4 Å². The fraction of sp³-hybridized carbons (Fsp3) is 0.286. The van der Waals surface area contributed by atoms with Crippen molar-refractivity contribution in [3.63, 3.8) is 0 Å². The maximum atomic E-state index is 5.90. The highest BCUT2D eigenvalue weighted by molar-refractivity contribution is 6.29. The van der Waals surface area contributed by atoms with E-state index in [-0.39, 0.29) is 0 Å². The number of nitrogens with two attached hydrogens (primary N) is 1. The van der Waals surface area contributed by atoms with Crippen molar-refractivity contribution in [2.24, 2.45) is 5.73 Å². The SMILES string of the molecule is NCCCN(Cc1ccccc1)c1cncc(Cl)n1. The van der Waals surface area contributed by atoms with Crippen molar-refractivity contribution >= 4 is 17.4 Å². The molecule has 0 bridgehead atoms. The van der Waals surface area contributed by atoms with Crippen LogP contribution in [0.1, 0.15) is 12.0 Å². The first-order chi connectivity index (χ1) is 9.29. The number of aromatic nitrogens is 2. The van der Waals surface area contributed by atoms with Crippen molar-refractivity contribution in [3.8, 4) is 0 Å². The van der Waals surface area contributed by atoms with Crippen molar-refractivity contribution < 1.29 is 0 Å². The zero-order valence-electron chi connectivity index (χ0n) is 10.7. The molecule has 2 aromatic rings. The van der Waals surface area contributed by atoms with E-state index < -0.39 is 0 Å². The van der Waals surface area contributed by atoms with Gasteiger partial charge in [0.25, 0.3) is 0 Å². The zero-order valence-corrected chi connectivity index (χ0v) is 11.4. The van der Waals surface area contributed by atoms with E-state index in [2.05, 4.69) is 27.0 Å². The van der Waals surface area contributed by atoms with Gasteiger partial charge in [-0.15, -0.1) is 0 Å². The predicted molar refractivity (Wildman–Crippen MR) is 78.2 cm³/mol. The Morgan fingerprint density at radius 3 is 2.63 bits per heavy atom. The molecule has 1 heterocycles. The van der Waals surface area contributed by atoms with E-state index in [1.54, 1.807) is 6.20 Å². The predicted octanol–water partition coefficient (Wildman–Crippen LogP) is 2.49. The van der Waals surface area contributed by atoms with Crippen LogP contribution in [0.3, 0.4) is 0 Å². The lowest BCUT2D eigenvalue weighted by Crippen LogP contribution is -2.26. The molecular formula is C14H17ClN4. The van der Waals surface area contributed by atoms with Crippen LogP contribution in [-0.4, -0.2) is 23.1 Å². The average molecular weight is 277 g/mol. The van der Waals surface area contributed by atoms with Crippen LogP contribution in [0.15, 0.2) is 42.7 Å². The average Bonchev–Trinajstić information content (AvgIpc) is 2.44. The van der Waals surface area contributed by atoms with Gasteiger partial charge in [0, 0.05) is 13.1 Å². The van der Waals surface area contributed by atoms with Gasteiger partial charge in [-0.05, 0) is 18.5 Å². The molecule has 1 aromatic heterocycles. The molecule has 100 valence electrons. The molecule has 0 radical (unpaired) electrons. The van der Waals surface area contributed by atoms with E-state index in [9.17, 15) is 0 Å². The molecule has 5 heteroatoms. The number of anilines is 1. The molecule has 1 aromatic carbocycles. The summed E-state index contributed by atoms with van der Waals surface area (Å²) in [6.45, 7) is 2.26. The number of hydrogen-bond donors (Lipinski definition) is 1. The molecule has 0 saturated carbocycles. The molecule has 0 unspecified atom stereocenters. The van der Waals surface area contributed by atoms with Gasteiger partial charge in [-0.1, -0.05) is 41.9 Å². The van der Waals surface area contributed by atoms with Gasteiger partial charge in [-0.2, -0.15) is 0 Å². The minimum Gasteiger partial charge on any atom is -0.351 e. The summed E-state index contributed by atoms with van der Waals surface area (Å²) in [6.07, 6.45) is 4.17. The first-order valence-electron chi connectivity index (χ1n) is 6.26. The topological polar surface area (TPSA) is 55.0 Å². The number of rotatable bonds is 6. The molecule has 0 aliphatic rings. The Bertz CT molecular complexity index is 504. The van der Waals surface area contributed by atoms with Gasteiger partial charge < -0.3 is 10.6 Å². The highest BCUT2D eigenvalue weighted by Gasteiger charge is 2.09. The first-order valence-corrected chi connectivity index (χ1v) is 6.64. The summed E-state index contributed by atoms with van der Waals surface area (Å²) in [5, 5.41) is 0.406. The van der Waals surface area contributed by atoms with Crippen LogP contribution in [0.2, 0.25) is 5.15 Å². The zero-order chi connectivity index (χ0) is 13.5. The lowest BCUT2D eigenvalue weighted by molar-refractivity contribution is 0.724. The number of hydrogen-bond acceptors (Lipinski definition) is 4. The Morgan fingerprint density at radius 1 is 1.16 bits per heavy atom. The Kier molecular flexibility index (Phi) is 5.12. The van der Waals surface area contributed by atoms with Crippen LogP contribution >= 0.6 is 11.6 Å². The third kappa shape index (κ3) is 4.19. The van der Waals surface area contributed by atoms with Crippen molar-refractivity contribution in [1.29, 1.82) is 0 Å². The molecule has 0 spiro atoms. The van der Waals surface area contributed by atoms with Crippen LogP contribution in [0.25, 0.3) is 0 Å². The lowest BCUT2D eigenvalue weighted by atomic mass is 10.2. The summed E-state index contributed by atoms with van der Waals surface area (Å²) < 4.78 is 0. The lowest BCUT2D eigenvalue weighted by Gasteiger charge is -2.23. The first kappa shape index (κ1) is 13.8. The van der Waals surface area contributed by atoms with E-state index >= 15 is 0 Å². The molecule has 0 aliphatic carbocycles. The molecule has 0 aliphatic heterocycles. The van der Waals surface area contributed by atoms with Gasteiger partial charge in [0.1, 0.15) is 11.0 Å². The van der Waals surface area contributed by atoms with Crippen LogP contribution in [0.5, 0.6) is 0 Å². The number of halogens is 1. The quantitative estimate of drug-likeness (QED) is 0.881. The van der Waals surface area contributed by atoms with Crippen molar-refractivity contribution in [2.45, 2.75) is 13.0 Å². The number of nitrogens with zero attached hydrogens (tertiary/aromatic N) is 3. The smallest absolute Gasteiger partial charge is 0.149 e. The summed E-state index contributed by atoms with van der Waals surface area (Å²) in [7, 11) is 0. The van der Waals surface area contributed by atoms with Crippen LogP contribution < -0.4 is 10.6 Å². The van der Waals surface area contributed by atoms with E-state index in [1.807, 2.05) is 18.2 Å². The Labute approximate surface area is 118 Å². The summed E-state index contributed by atoms with van der Waals surface area (Å²) in [5.41, 5.74) is 6.81. The van der Waals surface area contributed by atoms with Gasteiger partial charge >= 0.3 is 0 Å². The standard InChI is InChI=1S/C14H17ClN4/c15-13-9-17-10-14(18-13)19(8-4-7-16)11-12-5-2-1-3-6-12/h1-3,5-6,9-10H,4,7-8,11,16H2. The normalized spacial score (nSPS) is 10.4. The third-order valence-corrected chi connectivity index (χ3v) is 2.95. The summed E-state index contributed by atoms with van der Waals surface area (Å²) >= 11 is 5.90. The highest BCUT2D eigenvalue weighted by Crippen LogP contribution is 2.16. The molecule has 0 atom stereocenters. The van der Waals surface area contributed by atoms with Gasteiger partial charge in [0.15, 0.2) is 0 Å². The Morgan fingerprint density at radius 2 is 1.95 bits per heavy atom. The van der Waals surface area contributed by atoms with Gasteiger partial charge in [0.2, 0.25) is 0 Å². The van der Waals surface area contributed by atoms with Crippen molar-refractivity contribution in [2.75, 3.05) is 18.0 Å². The number of benzene rings is 1. The Balaban J connectivity index is 2.16. The fourth-order valence-electron chi connectivity index (χ4n) is 1.85. The van der Waals surface area contributed by atoms with Crippen LogP contribution in [-0.2, 0) is 6.54 Å². The minimum atomic E-state index is 0.406. The molecule has 0 amide bonds. The van der Waals surface area contributed by atoms with E-state index in [0.717, 1.165) is 25.3 Å². The summed E-state index contributed by atoms with van der Waals surface area (Å²) in [5.74, 6) is 0.782. The largest absolute Gasteiger partial charge is 0.351 e. The van der Waals surface area contributed by atoms with Crippen LogP contribution in [0, 0.1) is 0 Å². The maximum absolute atomic E-state index is 5.90. The monoisotopic (exact) mass is 276 g/mol. The second-order valence-electron chi connectivity index (χ2n) is 4.25. The Hall–Kier alpha value is -1.65. The van der Waals surface area contributed by atoms with E-state index in [0.29, 0.717) is 11.7 Å². The molecule has 0 saturated heterocycles. The molecule has 2 N–H and O–H groups in total. The maximum Gasteiger partial charge on any atom is 0.149 e. The van der Waals surface area contributed by atoms with Crippen molar-refractivity contribution in [3.05, 3.63) is 53.4 Å². The molecule has 2 rings (SSSR count). The second-order valence-corrected chi connectivity index (χ2v) is 4.64. The van der Waals surface area contributed by atoms with Gasteiger partial charge in [-0.3, -0.25) is 4.98 Å². The van der Waals surface area contributed by atoms with E-state index in [1.165, 1.54) is 11.8 Å². The van der Waals surface area contributed by atoms with Crippen LogP contribution in [0.4, 0.5) is 5.82 Å². The van der Waals surface area contributed by atoms with Gasteiger partial charge in [-0.25, -0.2) is 4.98 Å². The minimum absolute atomic E-state index is 0.406. The second kappa shape index (κ2) is 7.07.